The fourth-order valence-electron chi connectivity index (χ4n) is 4.00. The van der Waals surface area contributed by atoms with Gasteiger partial charge in [0, 0.05) is 62.3 Å². The van der Waals surface area contributed by atoms with Gasteiger partial charge in [0.25, 0.3) is 0 Å². The summed E-state index contributed by atoms with van der Waals surface area (Å²) < 4.78 is 6.39. The molecule has 2 fully saturated rings. The monoisotopic (exact) mass is 573 g/mol. The van der Waals surface area contributed by atoms with Crippen LogP contribution in [-0.4, -0.2) is 60.7 Å². The summed E-state index contributed by atoms with van der Waals surface area (Å²) in [6.45, 7) is 7.66. The average Bonchev–Trinajstić information content (AvgIpc) is 3.38. The number of hydrogen-bond donors (Lipinski definition) is 1. The molecule has 4 rings (SSSR count). The van der Waals surface area contributed by atoms with Crippen molar-refractivity contribution in [1.29, 1.82) is 0 Å². The van der Waals surface area contributed by atoms with Crippen molar-refractivity contribution in [2.24, 2.45) is 4.99 Å². The summed E-state index contributed by atoms with van der Waals surface area (Å²) in [5, 5.41) is 7.75. The van der Waals surface area contributed by atoms with Crippen molar-refractivity contribution in [3.05, 3.63) is 51.8 Å². The summed E-state index contributed by atoms with van der Waals surface area (Å²) >= 11 is 3.72. The van der Waals surface area contributed by atoms with Crippen LogP contribution in [0.1, 0.15) is 29.9 Å². The quantitative estimate of drug-likeness (QED) is 0.335. The van der Waals surface area contributed by atoms with Gasteiger partial charge in [-0.3, -0.25) is 9.89 Å². The number of halogens is 2. The second kappa shape index (κ2) is 9.78. The van der Waals surface area contributed by atoms with Gasteiger partial charge in [-0.1, -0.05) is 39.3 Å². The molecule has 1 aromatic carbocycles. The van der Waals surface area contributed by atoms with Crippen LogP contribution in [0.25, 0.3) is 0 Å². The summed E-state index contributed by atoms with van der Waals surface area (Å²) in [7, 11) is 1.88. The highest BCUT2D eigenvalue weighted by Crippen LogP contribution is 2.49. The lowest BCUT2D eigenvalue weighted by atomic mass is 9.96. The third-order valence-electron chi connectivity index (χ3n) is 5.83. The van der Waals surface area contributed by atoms with Gasteiger partial charge in [0.05, 0.1) is 5.69 Å². The number of nitrogens with zero attached hydrogens (tertiary/aromatic N) is 4. The first-order chi connectivity index (χ1) is 13.6. The van der Waals surface area contributed by atoms with Crippen molar-refractivity contribution in [1.82, 2.24) is 20.3 Å². The predicted octanol–water partition coefficient (Wildman–Crippen LogP) is 3.79. The number of aryl methyl sites for hydroxylation is 1. The van der Waals surface area contributed by atoms with Gasteiger partial charge in [0.15, 0.2) is 5.96 Å². The van der Waals surface area contributed by atoms with Gasteiger partial charge in [-0.05, 0) is 31.4 Å². The summed E-state index contributed by atoms with van der Waals surface area (Å²) in [6.07, 6.45) is 2.45. The van der Waals surface area contributed by atoms with Crippen LogP contribution in [0.15, 0.2) is 44.3 Å². The van der Waals surface area contributed by atoms with E-state index in [2.05, 4.69) is 65.5 Å². The van der Waals surface area contributed by atoms with Crippen LogP contribution in [0.2, 0.25) is 0 Å². The molecule has 2 aromatic rings. The number of rotatable bonds is 5. The first kappa shape index (κ1) is 22.6. The number of nitrogens with one attached hydrogen (secondary N) is 1. The molecule has 158 valence electrons. The Kier molecular flexibility index (Phi) is 7.61. The fraction of sp³-hybridized carbons (Fsp3) is 0.524. The Morgan fingerprint density at radius 3 is 2.55 bits per heavy atom. The molecule has 1 saturated carbocycles. The summed E-state index contributed by atoms with van der Waals surface area (Å²) in [5.41, 5.74) is 2.66. The Morgan fingerprint density at radius 1 is 1.24 bits per heavy atom. The van der Waals surface area contributed by atoms with Crippen LogP contribution >= 0.6 is 39.9 Å². The van der Waals surface area contributed by atoms with Gasteiger partial charge in [-0.25, -0.2) is 0 Å². The maximum Gasteiger partial charge on any atom is 0.193 e. The van der Waals surface area contributed by atoms with E-state index in [9.17, 15) is 0 Å². The number of benzene rings is 1. The molecular weight excluding hydrogens is 545 g/mol. The van der Waals surface area contributed by atoms with Crippen molar-refractivity contribution in [2.45, 2.75) is 31.7 Å². The van der Waals surface area contributed by atoms with Crippen molar-refractivity contribution >= 4 is 45.9 Å². The lowest BCUT2D eigenvalue weighted by Crippen LogP contribution is -2.53. The molecule has 2 heterocycles. The molecule has 1 aliphatic carbocycles. The molecule has 2 aliphatic rings. The molecule has 1 aliphatic heterocycles. The molecule has 0 spiro atoms. The van der Waals surface area contributed by atoms with E-state index in [-0.39, 0.29) is 29.4 Å². The second-order valence-electron chi connectivity index (χ2n) is 7.85. The van der Waals surface area contributed by atoms with Crippen LogP contribution in [-0.2, 0) is 12.0 Å². The minimum atomic E-state index is 0. The number of aliphatic imine (C=N–C) groups is 1. The van der Waals surface area contributed by atoms with E-state index in [1.165, 1.54) is 22.9 Å². The topological polar surface area (TPSA) is 56.9 Å². The Balaban J connectivity index is 0.00000240. The minimum absolute atomic E-state index is 0. The predicted molar refractivity (Wildman–Crippen MR) is 130 cm³/mol. The summed E-state index contributed by atoms with van der Waals surface area (Å²) in [4.78, 5) is 9.33. The molecule has 6 nitrogen and oxygen atoms in total. The Hall–Kier alpha value is -1.13. The first-order valence-electron chi connectivity index (χ1n) is 9.95. The summed E-state index contributed by atoms with van der Waals surface area (Å²) in [6, 6.07) is 10.6. The van der Waals surface area contributed by atoms with Crippen LogP contribution in [0.3, 0.4) is 0 Å². The van der Waals surface area contributed by atoms with Crippen molar-refractivity contribution < 1.29 is 4.52 Å². The van der Waals surface area contributed by atoms with Gasteiger partial charge in [0.2, 0.25) is 0 Å². The molecule has 8 heteroatoms. The van der Waals surface area contributed by atoms with Crippen LogP contribution in [0, 0.1) is 6.92 Å². The third-order valence-corrected chi connectivity index (χ3v) is 6.52. The average molecular weight is 574 g/mol. The lowest BCUT2D eigenvalue weighted by Gasteiger charge is -2.36. The zero-order chi connectivity index (χ0) is 19.6. The van der Waals surface area contributed by atoms with Gasteiger partial charge >= 0.3 is 0 Å². The Labute approximate surface area is 198 Å². The zero-order valence-corrected chi connectivity index (χ0v) is 20.9. The highest BCUT2D eigenvalue weighted by Gasteiger charge is 2.45. The van der Waals surface area contributed by atoms with Crippen molar-refractivity contribution in [2.75, 3.05) is 39.8 Å². The normalized spacial score (nSPS) is 19.0. The van der Waals surface area contributed by atoms with Gasteiger partial charge in [-0.2, -0.15) is 0 Å². The molecular formula is C21H29BrIN5O. The number of guanidine groups is 1. The highest BCUT2D eigenvalue weighted by atomic mass is 127. The minimum Gasteiger partial charge on any atom is -0.361 e. The standard InChI is InChI=1S/C21H28BrN5O.HI/c1-16-13-17(25-28-16)14-26-9-11-27(12-10-26)20(23-2)24-15-21(7-8-21)18-5-3-4-6-19(18)22;/h3-6,13H,7-12,14-15H2,1-2H3,(H,23,24);1H. The Bertz CT molecular complexity index is 843. The van der Waals surface area contributed by atoms with E-state index in [4.69, 9.17) is 4.52 Å². The van der Waals surface area contributed by atoms with E-state index in [1.54, 1.807) is 0 Å². The number of hydrogen-bond acceptors (Lipinski definition) is 4. The number of aromatic nitrogens is 1. The maximum absolute atomic E-state index is 5.18. The molecule has 1 aromatic heterocycles. The zero-order valence-electron chi connectivity index (χ0n) is 17.0. The number of piperazine rings is 1. The van der Waals surface area contributed by atoms with E-state index < -0.39 is 0 Å². The SMILES string of the molecule is CN=C(NCC1(c2ccccc2Br)CC1)N1CCN(Cc2cc(C)on2)CC1.I. The van der Waals surface area contributed by atoms with Gasteiger partial charge < -0.3 is 14.7 Å². The molecule has 0 amide bonds. The Morgan fingerprint density at radius 2 is 1.97 bits per heavy atom. The maximum atomic E-state index is 5.18. The van der Waals surface area contributed by atoms with E-state index in [0.29, 0.717) is 0 Å². The van der Waals surface area contributed by atoms with Crippen molar-refractivity contribution in [3.63, 3.8) is 0 Å². The summed E-state index contributed by atoms with van der Waals surface area (Å²) in [5.74, 6) is 1.88. The van der Waals surface area contributed by atoms with E-state index >= 15 is 0 Å². The van der Waals surface area contributed by atoms with E-state index in [0.717, 1.165) is 56.7 Å². The first-order valence-corrected chi connectivity index (χ1v) is 10.7. The molecule has 0 atom stereocenters. The largest absolute Gasteiger partial charge is 0.361 e. The third kappa shape index (κ3) is 5.32. The van der Waals surface area contributed by atoms with Crippen LogP contribution in [0.4, 0.5) is 0 Å². The smallest absolute Gasteiger partial charge is 0.193 e. The van der Waals surface area contributed by atoms with Gasteiger partial charge in [0.1, 0.15) is 5.76 Å². The molecule has 0 radical (unpaired) electrons. The van der Waals surface area contributed by atoms with E-state index in [1.807, 2.05) is 20.0 Å². The second-order valence-corrected chi connectivity index (χ2v) is 8.71. The molecule has 1 N–H and O–H groups in total. The molecule has 0 unspecified atom stereocenters. The van der Waals surface area contributed by atoms with Crippen LogP contribution < -0.4 is 5.32 Å². The fourth-order valence-corrected chi connectivity index (χ4v) is 4.71. The van der Waals surface area contributed by atoms with Gasteiger partial charge in [-0.15, -0.1) is 24.0 Å². The molecule has 1 saturated heterocycles. The lowest BCUT2D eigenvalue weighted by molar-refractivity contribution is 0.169. The highest BCUT2D eigenvalue weighted by molar-refractivity contribution is 14.0. The van der Waals surface area contributed by atoms with Crippen molar-refractivity contribution in [3.8, 4) is 0 Å². The molecule has 0 bridgehead atoms. The van der Waals surface area contributed by atoms with Crippen LogP contribution in [0.5, 0.6) is 0 Å². The molecule has 29 heavy (non-hydrogen) atoms.